The van der Waals surface area contributed by atoms with Crippen LogP contribution in [-0.2, 0) is 11.8 Å². The quantitative estimate of drug-likeness (QED) is 0.251. The van der Waals surface area contributed by atoms with Gasteiger partial charge >= 0.3 is 0 Å². The molecule has 180 valence electrons. The third-order valence-electron chi connectivity index (χ3n) is 7.13. The number of aromatic nitrogens is 1. The Kier molecular flexibility index (Phi) is 6.74. The number of carbonyl (C=O) groups is 1. The molecule has 1 amide bonds. The molecule has 0 fully saturated rings. The van der Waals surface area contributed by atoms with Gasteiger partial charge in [-0.25, -0.2) is 0 Å². The first-order valence-corrected chi connectivity index (χ1v) is 12.7. The zero-order valence-corrected chi connectivity index (χ0v) is 21.0. The van der Waals surface area contributed by atoms with Crippen molar-refractivity contribution in [2.45, 2.75) is 39.2 Å². The fourth-order valence-electron chi connectivity index (χ4n) is 5.36. The molecule has 4 nitrogen and oxygen atoms in total. The molecule has 5 rings (SSSR count). The van der Waals surface area contributed by atoms with Gasteiger partial charge in [-0.2, -0.15) is 0 Å². The Balaban J connectivity index is 1.62. The van der Waals surface area contributed by atoms with Gasteiger partial charge in [0, 0.05) is 48.8 Å². The highest BCUT2D eigenvalue weighted by molar-refractivity contribution is 6.02. The lowest BCUT2D eigenvalue weighted by atomic mass is 9.93. The van der Waals surface area contributed by atoms with E-state index in [0.717, 1.165) is 37.0 Å². The zero-order valence-electron chi connectivity index (χ0n) is 21.0. The first-order chi connectivity index (χ1) is 17.1. The van der Waals surface area contributed by atoms with Crippen LogP contribution in [0.1, 0.15) is 59.3 Å². The van der Waals surface area contributed by atoms with E-state index in [1.807, 2.05) is 18.2 Å². The second-order valence-corrected chi connectivity index (χ2v) is 9.51. The lowest BCUT2D eigenvalue weighted by molar-refractivity contribution is 0.0709. The van der Waals surface area contributed by atoms with E-state index in [2.05, 4.69) is 85.0 Å². The summed E-state index contributed by atoms with van der Waals surface area (Å²) in [5, 5.41) is 1.20. The summed E-state index contributed by atoms with van der Waals surface area (Å²) < 4.78 is 8.11. The van der Waals surface area contributed by atoms with Crippen molar-refractivity contribution in [1.29, 1.82) is 0 Å². The number of hydrogen-bond acceptors (Lipinski definition) is 2. The molecular formula is C31H34N2O2. The SMILES string of the molecule is CCCCOCCCN1C(=O)c2ccccc2[C@H]1c1c(-c2ccc(C)cc2)n(C)c2ccccc12. The van der Waals surface area contributed by atoms with Crippen LogP contribution in [0.3, 0.4) is 0 Å². The molecule has 0 aliphatic carbocycles. The minimum atomic E-state index is -0.128. The van der Waals surface area contributed by atoms with Gasteiger partial charge in [0.15, 0.2) is 0 Å². The lowest BCUT2D eigenvalue weighted by Crippen LogP contribution is -2.30. The van der Waals surface area contributed by atoms with Gasteiger partial charge in [0.2, 0.25) is 0 Å². The first-order valence-electron chi connectivity index (χ1n) is 12.7. The molecule has 4 heteroatoms. The Morgan fingerprint density at radius 3 is 2.40 bits per heavy atom. The van der Waals surface area contributed by atoms with E-state index in [1.165, 1.54) is 33.3 Å². The Labute approximate surface area is 208 Å². The van der Waals surface area contributed by atoms with Crippen LogP contribution in [0.4, 0.5) is 0 Å². The molecule has 0 unspecified atom stereocenters. The predicted molar refractivity (Wildman–Crippen MR) is 143 cm³/mol. The van der Waals surface area contributed by atoms with E-state index in [9.17, 15) is 4.79 Å². The van der Waals surface area contributed by atoms with E-state index >= 15 is 0 Å². The van der Waals surface area contributed by atoms with E-state index in [-0.39, 0.29) is 11.9 Å². The van der Waals surface area contributed by atoms with E-state index in [0.29, 0.717) is 13.2 Å². The lowest BCUT2D eigenvalue weighted by Gasteiger charge is -2.27. The minimum Gasteiger partial charge on any atom is -0.381 e. The molecule has 0 saturated heterocycles. The number of aryl methyl sites for hydroxylation is 2. The highest BCUT2D eigenvalue weighted by Crippen LogP contribution is 2.46. The van der Waals surface area contributed by atoms with Crippen molar-refractivity contribution < 1.29 is 9.53 Å². The minimum absolute atomic E-state index is 0.113. The Morgan fingerprint density at radius 1 is 0.886 bits per heavy atom. The molecule has 0 radical (unpaired) electrons. The summed E-state index contributed by atoms with van der Waals surface area (Å²) in [5.74, 6) is 0.113. The van der Waals surface area contributed by atoms with Crippen LogP contribution in [0.2, 0.25) is 0 Å². The van der Waals surface area contributed by atoms with Crippen LogP contribution in [0, 0.1) is 6.92 Å². The number of para-hydroxylation sites is 1. The molecule has 0 saturated carbocycles. The molecule has 1 aromatic heterocycles. The number of nitrogens with zero attached hydrogens (tertiary/aromatic N) is 2. The molecule has 2 heterocycles. The van der Waals surface area contributed by atoms with Crippen LogP contribution in [0.25, 0.3) is 22.2 Å². The van der Waals surface area contributed by atoms with Crippen molar-refractivity contribution in [3.05, 3.63) is 95.1 Å². The van der Waals surface area contributed by atoms with E-state index in [4.69, 9.17) is 4.74 Å². The summed E-state index contributed by atoms with van der Waals surface area (Å²) in [6.07, 6.45) is 3.03. The summed E-state index contributed by atoms with van der Waals surface area (Å²) >= 11 is 0. The molecular weight excluding hydrogens is 432 g/mol. The first kappa shape index (κ1) is 23.4. The monoisotopic (exact) mass is 466 g/mol. The van der Waals surface area contributed by atoms with Gasteiger partial charge in [0.1, 0.15) is 0 Å². The summed E-state index contributed by atoms with van der Waals surface area (Å²) in [5.41, 5.74) is 7.87. The Bertz CT molecular complexity index is 1340. The summed E-state index contributed by atoms with van der Waals surface area (Å²) in [4.78, 5) is 15.7. The zero-order chi connectivity index (χ0) is 24.4. The van der Waals surface area contributed by atoms with Crippen LogP contribution in [-0.4, -0.2) is 35.1 Å². The van der Waals surface area contributed by atoms with Gasteiger partial charge in [0.25, 0.3) is 5.91 Å². The summed E-state index contributed by atoms with van der Waals surface area (Å²) in [7, 11) is 2.13. The molecule has 1 aliphatic heterocycles. The van der Waals surface area contributed by atoms with Gasteiger partial charge in [-0.15, -0.1) is 0 Å². The van der Waals surface area contributed by atoms with E-state index in [1.54, 1.807) is 0 Å². The molecule has 0 spiro atoms. The van der Waals surface area contributed by atoms with Crippen molar-refractivity contribution in [1.82, 2.24) is 9.47 Å². The van der Waals surface area contributed by atoms with E-state index < -0.39 is 0 Å². The third kappa shape index (κ3) is 4.28. The molecule has 3 aromatic carbocycles. The van der Waals surface area contributed by atoms with Crippen molar-refractivity contribution in [2.75, 3.05) is 19.8 Å². The van der Waals surface area contributed by atoms with Crippen molar-refractivity contribution in [3.63, 3.8) is 0 Å². The maximum absolute atomic E-state index is 13.7. The second-order valence-electron chi connectivity index (χ2n) is 9.51. The fourth-order valence-corrected chi connectivity index (χ4v) is 5.36. The van der Waals surface area contributed by atoms with Crippen LogP contribution >= 0.6 is 0 Å². The Morgan fingerprint density at radius 2 is 1.60 bits per heavy atom. The fraction of sp³-hybridized carbons (Fsp3) is 0.323. The number of carbonyl (C=O) groups excluding carboxylic acids is 1. The second kappa shape index (κ2) is 10.1. The predicted octanol–water partition coefficient (Wildman–Crippen LogP) is 6.91. The van der Waals surface area contributed by atoms with Crippen LogP contribution < -0.4 is 0 Å². The highest BCUT2D eigenvalue weighted by Gasteiger charge is 2.40. The third-order valence-corrected chi connectivity index (χ3v) is 7.13. The summed E-state index contributed by atoms with van der Waals surface area (Å²) in [6.45, 7) is 6.41. The molecule has 1 atom stereocenters. The van der Waals surface area contributed by atoms with Gasteiger partial charge in [-0.05, 0) is 43.0 Å². The van der Waals surface area contributed by atoms with Gasteiger partial charge in [0.05, 0.1) is 11.7 Å². The van der Waals surface area contributed by atoms with Crippen LogP contribution in [0.15, 0.2) is 72.8 Å². The number of amides is 1. The molecule has 0 N–H and O–H groups in total. The largest absolute Gasteiger partial charge is 0.381 e. The summed E-state index contributed by atoms with van der Waals surface area (Å²) in [6, 6.07) is 25.2. The van der Waals surface area contributed by atoms with Crippen molar-refractivity contribution in [2.24, 2.45) is 7.05 Å². The maximum atomic E-state index is 13.7. The Hall–Kier alpha value is -3.37. The van der Waals surface area contributed by atoms with Crippen molar-refractivity contribution >= 4 is 16.8 Å². The van der Waals surface area contributed by atoms with Gasteiger partial charge in [-0.1, -0.05) is 79.6 Å². The highest BCUT2D eigenvalue weighted by atomic mass is 16.5. The number of fused-ring (bicyclic) bond motifs is 2. The molecule has 35 heavy (non-hydrogen) atoms. The topological polar surface area (TPSA) is 34.5 Å². The van der Waals surface area contributed by atoms with Gasteiger partial charge in [-0.3, -0.25) is 4.79 Å². The molecule has 4 aromatic rings. The molecule has 1 aliphatic rings. The van der Waals surface area contributed by atoms with Gasteiger partial charge < -0.3 is 14.2 Å². The smallest absolute Gasteiger partial charge is 0.255 e. The number of ether oxygens (including phenoxy) is 1. The normalized spacial score (nSPS) is 15.2. The van der Waals surface area contributed by atoms with Crippen LogP contribution in [0.5, 0.6) is 0 Å². The number of unbranched alkanes of at least 4 members (excludes halogenated alkanes) is 1. The standard InChI is InChI=1S/C31H34N2O2/c1-4-5-20-35-21-10-19-33-30(24-11-6-7-12-25(24)31(33)34)28-26-13-8-9-14-27(26)32(3)29(28)23-17-15-22(2)16-18-23/h6-9,11-18,30H,4-5,10,19-21H2,1-3H3/t30-/m0/s1. The molecule has 0 bridgehead atoms. The number of benzene rings is 3. The average Bonchev–Trinajstić information content (AvgIpc) is 3.33. The number of hydrogen-bond donors (Lipinski definition) is 0. The maximum Gasteiger partial charge on any atom is 0.255 e. The van der Waals surface area contributed by atoms with Crippen molar-refractivity contribution in [3.8, 4) is 11.3 Å². The number of rotatable bonds is 9. The average molecular weight is 467 g/mol.